The Bertz CT molecular complexity index is 1530. The van der Waals surface area contributed by atoms with E-state index in [1.54, 1.807) is 0 Å². The van der Waals surface area contributed by atoms with E-state index >= 15 is 0 Å². The minimum absolute atomic E-state index is 0.298. The SMILES string of the molecule is CCNc1ncn(Cc2ccccc2)c2nc(C(C)C)nc1-2.CCn1cnc(NC2CCCC2)c2nc(C3CC3)nc1-2. The summed E-state index contributed by atoms with van der Waals surface area (Å²) < 4.78 is 4.15. The predicted octanol–water partition coefficient (Wildman–Crippen LogP) is 6.41. The summed E-state index contributed by atoms with van der Waals surface area (Å²) in [7, 11) is 0. The minimum atomic E-state index is 0.298. The van der Waals surface area contributed by atoms with Crippen LogP contribution in [0.5, 0.6) is 0 Å². The van der Waals surface area contributed by atoms with Gasteiger partial charge in [-0.15, -0.1) is 0 Å². The van der Waals surface area contributed by atoms with Crippen LogP contribution in [0.2, 0.25) is 0 Å². The fraction of sp³-hybridized carbons (Fsp3) is 0.500. The molecule has 0 spiro atoms. The second-order valence-corrected chi connectivity index (χ2v) is 11.7. The van der Waals surface area contributed by atoms with E-state index in [1.165, 1.54) is 44.1 Å². The lowest BCUT2D eigenvalue weighted by molar-refractivity contribution is 0.716. The first-order chi connectivity index (χ1) is 20.5. The molecule has 2 aliphatic carbocycles. The Morgan fingerprint density at radius 2 is 1.50 bits per heavy atom. The Kier molecular flexibility index (Phi) is 8.30. The number of nitrogens with zero attached hydrogens (tertiary/aromatic N) is 8. The van der Waals surface area contributed by atoms with Gasteiger partial charge in [-0.1, -0.05) is 57.0 Å². The summed E-state index contributed by atoms with van der Waals surface area (Å²) in [4.78, 5) is 28.0. The summed E-state index contributed by atoms with van der Waals surface area (Å²) in [6.45, 7) is 10.8. The Labute approximate surface area is 248 Å². The maximum absolute atomic E-state index is 4.77. The fourth-order valence-corrected chi connectivity index (χ4v) is 5.48. The third-order valence-electron chi connectivity index (χ3n) is 8.00. The van der Waals surface area contributed by atoms with Crippen molar-refractivity contribution in [2.75, 3.05) is 17.2 Å². The van der Waals surface area contributed by atoms with Crippen molar-refractivity contribution in [3.05, 3.63) is 60.2 Å². The number of aromatic nitrogens is 8. The number of anilines is 2. The van der Waals surface area contributed by atoms with Crippen LogP contribution in [0.3, 0.4) is 0 Å². The molecule has 6 aliphatic rings. The molecule has 2 N–H and O–H groups in total. The molecule has 0 unspecified atom stereocenters. The van der Waals surface area contributed by atoms with Gasteiger partial charge in [-0.05, 0) is 45.1 Å². The molecular weight excluding hydrogens is 524 g/mol. The van der Waals surface area contributed by atoms with Crippen molar-refractivity contribution < 1.29 is 0 Å². The largest absolute Gasteiger partial charge is 0.368 e. The van der Waals surface area contributed by atoms with Gasteiger partial charge in [-0.3, -0.25) is 0 Å². The summed E-state index contributed by atoms with van der Waals surface area (Å²) in [5.74, 6) is 6.38. The second-order valence-electron chi connectivity index (χ2n) is 11.7. The molecule has 7 rings (SSSR count). The zero-order chi connectivity index (χ0) is 29.1. The van der Waals surface area contributed by atoms with E-state index in [-0.39, 0.29) is 0 Å². The fourth-order valence-electron chi connectivity index (χ4n) is 5.48. The molecule has 2 fully saturated rings. The van der Waals surface area contributed by atoms with Gasteiger partial charge in [0, 0.05) is 31.0 Å². The summed E-state index contributed by atoms with van der Waals surface area (Å²) in [6.07, 6.45) is 11.3. The predicted molar refractivity (Wildman–Crippen MR) is 166 cm³/mol. The molecule has 10 nitrogen and oxygen atoms in total. The van der Waals surface area contributed by atoms with Crippen molar-refractivity contribution >= 4 is 11.6 Å². The summed E-state index contributed by atoms with van der Waals surface area (Å²) in [5.41, 5.74) is 3.04. The van der Waals surface area contributed by atoms with Crippen molar-refractivity contribution in [3.8, 4) is 23.0 Å². The third-order valence-corrected chi connectivity index (χ3v) is 8.00. The van der Waals surface area contributed by atoms with Gasteiger partial charge in [0.1, 0.15) is 11.6 Å². The van der Waals surface area contributed by atoms with E-state index in [1.807, 2.05) is 30.9 Å². The lowest BCUT2D eigenvalue weighted by Gasteiger charge is -2.16. The van der Waals surface area contributed by atoms with Crippen LogP contribution in [0.1, 0.15) is 95.3 Å². The molecule has 1 aromatic carbocycles. The monoisotopic (exact) mass is 566 g/mol. The standard InChI is InChI=1S/C17H21N5.C15H21N5/c1-4-18-16-14-17(21-15(20-14)12(2)3)22(11-19-16)10-13-8-6-5-7-9-13;1-2-20-9-16-14(17-11-5-3-4-6-11)12-15(20)19-13(18-12)10-7-8-10/h5-9,11-12,18H,4,10H2,1-3H3;9-11,17H,2-8H2,1H3. The van der Waals surface area contributed by atoms with Crippen molar-refractivity contribution in [1.29, 1.82) is 0 Å². The van der Waals surface area contributed by atoms with Crippen LogP contribution in [0.25, 0.3) is 23.0 Å². The smallest absolute Gasteiger partial charge is 0.166 e. The molecule has 0 radical (unpaired) electrons. The number of aryl methyl sites for hydroxylation is 1. The van der Waals surface area contributed by atoms with Gasteiger partial charge in [0.15, 0.2) is 34.7 Å². The van der Waals surface area contributed by atoms with E-state index in [0.29, 0.717) is 17.9 Å². The number of rotatable bonds is 9. The Hall–Kier alpha value is -4.08. The van der Waals surface area contributed by atoms with Crippen LogP contribution in [-0.4, -0.2) is 51.6 Å². The van der Waals surface area contributed by atoms with Crippen molar-refractivity contribution in [1.82, 2.24) is 39.0 Å². The van der Waals surface area contributed by atoms with Gasteiger partial charge in [0.25, 0.3) is 0 Å². The molecule has 42 heavy (non-hydrogen) atoms. The number of imidazole rings is 2. The first-order valence-electron chi connectivity index (χ1n) is 15.5. The Morgan fingerprint density at radius 1 is 0.810 bits per heavy atom. The molecule has 10 heteroatoms. The number of hydrogen-bond acceptors (Lipinski definition) is 8. The molecule has 0 aromatic heterocycles. The zero-order valence-electron chi connectivity index (χ0n) is 25.2. The molecule has 4 heterocycles. The first kappa shape index (κ1) is 28.1. The maximum atomic E-state index is 4.77. The van der Waals surface area contributed by atoms with Gasteiger partial charge >= 0.3 is 0 Å². The number of benzene rings is 1. The highest BCUT2D eigenvalue weighted by molar-refractivity contribution is 5.68. The van der Waals surface area contributed by atoms with E-state index in [9.17, 15) is 0 Å². The lowest BCUT2D eigenvalue weighted by Crippen LogP contribution is -2.18. The van der Waals surface area contributed by atoms with Crippen molar-refractivity contribution in [2.24, 2.45) is 0 Å². The van der Waals surface area contributed by atoms with Crippen LogP contribution in [0.4, 0.5) is 11.6 Å². The van der Waals surface area contributed by atoms with Crippen molar-refractivity contribution in [3.63, 3.8) is 0 Å². The van der Waals surface area contributed by atoms with E-state index in [2.05, 4.69) is 74.5 Å². The highest BCUT2D eigenvalue weighted by Crippen LogP contribution is 2.41. The number of fused-ring (bicyclic) bond motifs is 2. The molecule has 0 atom stereocenters. The summed E-state index contributed by atoms with van der Waals surface area (Å²) in [5, 5.41) is 6.85. The molecule has 0 saturated heterocycles. The number of hydrogen-bond donors (Lipinski definition) is 2. The van der Waals surface area contributed by atoms with Crippen LogP contribution >= 0.6 is 0 Å². The molecule has 2 saturated carbocycles. The van der Waals surface area contributed by atoms with Gasteiger partial charge in [-0.2, -0.15) is 0 Å². The van der Waals surface area contributed by atoms with Crippen molar-refractivity contribution in [2.45, 2.75) is 97.2 Å². The van der Waals surface area contributed by atoms with E-state index in [4.69, 9.17) is 15.0 Å². The average Bonchev–Trinajstić information content (AvgIpc) is 3.37. The second kappa shape index (κ2) is 12.4. The highest BCUT2D eigenvalue weighted by Gasteiger charge is 2.31. The van der Waals surface area contributed by atoms with E-state index in [0.717, 1.165) is 66.0 Å². The normalized spacial score (nSPS) is 15.4. The Morgan fingerprint density at radius 3 is 2.19 bits per heavy atom. The van der Waals surface area contributed by atoms with Gasteiger partial charge in [-0.25, -0.2) is 29.9 Å². The molecular formula is C32H42N10. The van der Waals surface area contributed by atoms with Crippen LogP contribution in [0, 0.1) is 0 Å². The molecule has 0 bridgehead atoms. The molecule has 220 valence electrons. The Balaban J connectivity index is 0.000000151. The van der Waals surface area contributed by atoms with Gasteiger partial charge in [0.2, 0.25) is 0 Å². The topological polar surface area (TPSA) is 111 Å². The first-order valence-corrected chi connectivity index (χ1v) is 15.5. The van der Waals surface area contributed by atoms with Crippen LogP contribution < -0.4 is 10.6 Å². The van der Waals surface area contributed by atoms with Crippen LogP contribution in [-0.2, 0) is 13.1 Å². The van der Waals surface area contributed by atoms with Crippen LogP contribution in [0.15, 0.2) is 43.0 Å². The molecule has 0 amide bonds. The highest BCUT2D eigenvalue weighted by atomic mass is 15.2. The quantitative estimate of drug-likeness (QED) is 0.211. The van der Waals surface area contributed by atoms with Gasteiger partial charge in [0.05, 0.1) is 19.2 Å². The molecule has 4 aliphatic heterocycles. The summed E-state index contributed by atoms with van der Waals surface area (Å²) in [6, 6.07) is 10.9. The van der Waals surface area contributed by atoms with Gasteiger partial charge < -0.3 is 19.8 Å². The third kappa shape index (κ3) is 6.07. The zero-order valence-corrected chi connectivity index (χ0v) is 25.2. The maximum Gasteiger partial charge on any atom is 0.166 e. The average molecular weight is 567 g/mol. The summed E-state index contributed by atoms with van der Waals surface area (Å²) >= 11 is 0. The molecule has 1 aromatic rings. The lowest BCUT2D eigenvalue weighted by atomic mass is 10.2. The minimum Gasteiger partial charge on any atom is -0.368 e. The van der Waals surface area contributed by atoms with E-state index < -0.39 is 0 Å². The number of nitrogens with one attached hydrogen (secondary N) is 2.